The van der Waals surface area contributed by atoms with Crippen LogP contribution in [0.1, 0.15) is 37.7 Å². The lowest BCUT2D eigenvalue weighted by molar-refractivity contribution is 0.413. The third-order valence-electron chi connectivity index (χ3n) is 3.36. The monoisotopic (exact) mass is 290 g/mol. The molecule has 6 nitrogen and oxygen atoms in total. The number of hydrogen-bond donors (Lipinski definition) is 6. The highest BCUT2D eigenvalue weighted by Crippen LogP contribution is 2.18. The van der Waals surface area contributed by atoms with E-state index in [-0.39, 0.29) is 5.96 Å². The topological polar surface area (TPSA) is 124 Å². The van der Waals surface area contributed by atoms with Gasteiger partial charge in [0.2, 0.25) is 0 Å². The van der Waals surface area contributed by atoms with Gasteiger partial charge in [-0.3, -0.25) is 10.8 Å². The fraction of sp³-hybridized carbons (Fsp3) is 0.467. The number of benzene rings is 1. The van der Waals surface area contributed by atoms with Gasteiger partial charge in [0.15, 0.2) is 11.9 Å². The second-order valence-corrected chi connectivity index (χ2v) is 5.25. The van der Waals surface area contributed by atoms with Crippen LogP contribution in [0.5, 0.6) is 0 Å². The Morgan fingerprint density at radius 2 is 1.67 bits per heavy atom. The number of nitrogens with two attached hydrogens (primary N) is 2. The summed E-state index contributed by atoms with van der Waals surface area (Å²) >= 11 is 0. The first kappa shape index (κ1) is 16.8. The van der Waals surface area contributed by atoms with E-state index in [9.17, 15) is 0 Å². The maximum atomic E-state index is 7.94. The Balaban J connectivity index is 0.000000491. The third kappa shape index (κ3) is 7.20. The van der Waals surface area contributed by atoms with Gasteiger partial charge in [0.05, 0.1) is 0 Å². The summed E-state index contributed by atoms with van der Waals surface area (Å²) in [7, 11) is 0. The number of anilines is 1. The molecule has 0 spiro atoms. The van der Waals surface area contributed by atoms with Crippen molar-refractivity contribution in [1.29, 1.82) is 10.8 Å². The molecule has 21 heavy (non-hydrogen) atoms. The van der Waals surface area contributed by atoms with E-state index in [4.69, 9.17) is 10.8 Å². The molecular weight excluding hydrogens is 264 g/mol. The normalized spacial score (nSPS) is 14.5. The van der Waals surface area contributed by atoms with Crippen LogP contribution in [0, 0.1) is 17.7 Å². The fourth-order valence-electron chi connectivity index (χ4n) is 2.33. The van der Waals surface area contributed by atoms with Crippen molar-refractivity contribution in [1.82, 2.24) is 5.32 Å². The van der Waals surface area contributed by atoms with E-state index in [1.165, 1.54) is 37.7 Å². The Bertz CT molecular complexity index is 461. The minimum atomic E-state index is -0.333. The highest BCUT2D eigenvalue weighted by molar-refractivity contribution is 5.92. The maximum absolute atomic E-state index is 7.94. The lowest BCUT2D eigenvalue weighted by atomic mass is 9.96. The van der Waals surface area contributed by atoms with Crippen LogP contribution >= 0.6 is 0 Å². The Morgan fingerprint density at radius 1 is 1.10 bits per heavy atom. The van der Waals surface area contributed by atoms with Crippen molar-refractivity contribution in [3.63, 3.8) is 0 Å². The summed E-state index contributed by atoms with van der Waals surface area (Å²) in [6.07, 6.45) is 6.30. The van der Waals surface area contributed by atoms with Crippen LogP contribution in [0.4, 0.5) is 5.69 Å². The molecule has 1 aromatic rings. The summed E-state index contributed by atoms with van der Waals surface area (Å²) in [5.41, 5.74) is 11.1. The zero-order valence-electron chi connectivity index (χ0n) is 12.6. The second kappa shape index (κ2) is 8.84. The summed E-state index contributed by atoms with van der Waals surface area (Å²) in [5, 5.41) is 20.4. The van der Waals surface area contributed by atoms with E-state index in [2.05, 4.69) is 35.1 Å². The molecule has 1 saturated carbocycles. The molecular formula is C15H26N6. The number of rotatable bonds is 2. The van der Waals surface area contributed by atoms with Gasteiger partial charge in [0, 0.05) is 11.7 Å². The summed E-state index contributed by atoms with van der Waals surface area (Å²) < 4.78 is 0. The van der Waals surface area contributed by atoms with Gasteiger partial charge in [-0.2, -0.15) is 0 Å². The average molecular weight is 290 g/mol. The Hall–Kier alpha value is -2.24. The minimum absolute atomic E-state index is 0.333. The van der Waals surface area contributed by atoms with Crippen LogP contribution in [0.15, 0.2) is 24.3 Å². The quantitative estimate of drug-likeness (QED) is 0.368. The van der Waals surface area contributed by atoms with E-state index in [1.54, 1.807) is 0 Å². The van der Waals surface area contributed by atoms with E-state index in [1.807, 2.05) is 18.2 Å². The van der Waals surface area contributed by atoms with E-state index >= 15 is 0 Å². The summed E-state index contributed by atoms with van der Waals surface area (Å²) in [6, 6.07) is 8.54. The third-order valence-corrected chi connectivity index (χ3v) is 3.36. The second-order valence-electron chi connectivity index (χ2n) is 5.25. The summed E-state index contributed by atoms with van der Waals surface area (Å²) in [5.74, 6) is 0.0891. The molecule has 0 atom stereocenters. The molecule has 2 rings (SSSR count). The number of para-hydroxylation sites is 1. The number of nitrogens with one attached hydrogen (secondary N) is 4. The Labute approximate surface area is 126 Å². The SMILES string of the molecule is Cc1ccccc1NC(=N)NC1CCCCC1.N=C(N)N. The van der Waals surface area contributed by atoms with E-state index in [0.717, 1.165) is 5.69 Å². The standard InChI is InChI=1S/C14H21N3.CH5N3/c1-11-7-5-6-10-13(11)17-14(15)16-12-8-3-2-4-9-12;2-1(3)4/h5-7,10,12H,2-4,8-9H2,1H3,(H3,15,16,17);(H5,2,3,4). The Morgan fingerprint density at radius 3 is 2.24 bits per heavy atom. The van der Waals surface area contributed by atoms with Gasteiger partial charge >= 0.3 is 0 Å². The zero-order chi connectivity index (χ0) is 15.7. The van der Waals surface area contributed by atoms with Crippen LogP contribution in [-0.4, -0.2) is 18.0 Å². The summed E-state index contributed by atoms with van der Waals surface area (Å²) in [6.45, 7) is 2.05. The molecule has 0 aliphatic heterocycles. The van der Waals surface area contributed by atoms with E-state index in [0.29, 0.717) is 12.0 Å². The first-order valence-corrected chi connectivity index (χ1v) is 7.26. The largest absolute Gasteiger partial charge is 0.370 e. The van der Waals surface area contributed by atoms with Crippen LogP contribution in [0.3, 0.4) is 0 Å². The van der Waals surface area contributed by atoms with Crippen molar-refractivity contribution >= 4 is 17.6 Å². The number of guanidine groups is 2. The lowest BCUT2D eigenvalue weighted by Crippen LogP contribution is -2.39. The van der Waals surface area contributed by atoms with Crippen molar-refractivity contribution in [3.8, 4) is 0 Å². The molecule has 1 aromatic carbocycles. The molecule has 1 aliphatic carbocycles. The molecule has 6 heteroatoms. The molecule has 0 bridgehead atoms. The van der Waals surface area contributed by atoms with Gasteiger partial charge < -0.3 is 22.1 Å². The molecule has 0 unspecified atom stereocenters. The molecule has 1 aliphatic rings. The molecule has 1 fully saturated rings. The highest BCUT2D eigenvalue weighted by Gasteiger charge is 2.14. The average Bonchev–Trinajstić information content (AvgIpc) is 2.42. The van der Waals surface area contributed by atoms with Gasteiger partial charge in [-0.1, -0.05) is 37.5 Å². The van der Waals surface area contributed by atoms with Gasteiger partial charge in [0.25, 0.3) is 0 Å². The summed E-state index contributed by atoms with van der Waals surface area (Å²) in [4.78, 5) is 0. The smallest absolute Gasteiger partial charge is 0.193 e. The van der Waals surface area contributed by atoms with Crippen LogP contribution < -0.4 is 22.1 Å². The number of aryl methyl sites for hydroxylation is 1. The molecule has 0 saturated heterocycles. The molecule has 0 aromatic heterocycles. The molecule has 0 radical (unpaired) electrons. The van der Waals surface area contributed by atoms with Crippen molar-refractivity contribution in [3.05, 3.63) is 29.8 Å². The maximum Gasteiger partial charge on any atom is 0.193 e. The molecule has 0 heterocycles. The van der Waals surface area contributed by atoms with Crippen molar-refractivity contribution in [2.75, 3.05) is 5.32 Å². The van der Waals surface area contributed by atoms with Crippen molar-refractivity contribution in [2.24, 2.45) is 11.5 Å². The minimum Gasteiger partial charge on any atom is -0.370 e. The van der Waals surface area contributed by atoms with Gasteiger partial charge in [-0.15, -0.1) is 0 Å². The zero-order valence-corrected chi connectivity index (χ0v) is 12.6. The Kier molecular flexibility index (Phi) is 7.08. The van der Waals surface area contributed by atoms with Crippen molar-refractivity contribution < 1.29 is 0 Å². The van der Waals surface area contributed by atoms with Gasteiger partial charge in [-0.05, 0) is 31.4 Å². The van der Waals surface area contributed by atoms with E-state index < -0.39 is 0 Å². The lowest BCUT2D eigenvalue weighted by Gasteiger charge is -2.24. The van der Waals surface area contributed by atoms with Crippen LogP contribution in [0.25, 0.3) is 0 Å². The first-order chi connectivity index (χ1) is 9.99. The molecule has 0 amide bonds. The highest BCUT2D eigenvalue weighted by atomic mass is 15.2. The molecule has 8 N–H and O–H groups in total. The van der Waals surface area contributed by atoms with Gasteiger partial charge in [-0.25, -0.2) is 0 Å². The predicted molar refractivity (Wildman–Crippen MR) is 88.6 cm³/mol. The first-order valence-electron chi connectivity index (χ1n) is 7.26. The van der Waals surface area contributed by atoms with Crippen LogP contribution in [0.2, 0.25) is 0 Å². The molecule has 116 valence electrons. The fourth-order valence-corrected chi connectivity index (χ4v) is 2.33. The van der Waals surface area contributed by atoms with Crippen molar-refractivity contribution in [2.45, 2.75) is 45.1 Å². The van der Waals surface area contributed by atoms with Crippen LogP contribution in [-0.2, 0) is 0 Å². The predicted octanol–water partition coefficient (Wildman–Crippen LogP) is 2.10. The van der Waals surface area contributed by atoms with Gasteiger partial charge in [0.1, 0.15) is 0 Å². The number of hydrogen-bond acceptors (Lipinski definition) is 2.